The summed E-state index contributed by atoms with van der Waals surface area (Å²) in [6.45, 7) is 11.1. The fraction of sp³-hybridized carbons (Fsp3) is 0.733. The van der Waals surface area contributed by atoms with E-state index in [-0.39, 0.29) is 17.4 Å². The van der Waals surface area contributed by atoms with Gasteiger partial charge in [0.2, 0.25) is 0 Å². The lowest BCUT2D eigenvalue weighted by molar-refractivity contribution is -0.112. The Hall–Kier alpha value is -1.32. The van der Waals surface area contributed by atoms with Gasteiger partial charge in [0.25, 0.3) is 6.02 Å². The molecule has 0 radical (unpaired) electrons. The molecule has 0 aromatic rings. The zero-order valence-electron chi connectivity index (χ0n) is 12.7. The summed E-state index contributed by atoms with van der Waals surface area (Å²) in [5.74, 6) is 0.575. The summed E-state index contributed by atoms with van der Waals surface area (Å²) in [6, 6.07) is 0.263. The van der Waals surface area contributed by atoms with Gasteiger partial charge in [0.15, 0.2) is 5.78 Å². The molecular weight excluding hydrogens is 240 g/mol. The minimum Gasteiger partial charge on any atom is -0.460 e. The first-order valence-corrected chi connectivity index (χ1v) is 6.90. The van der Waals surface area contributed by atoms with Crippen molar-refractivity contribution in [1.82, 2.24) is 4.90 Å². The van der Waals surface area contributed by atoms with Gasteiger partial charge in [-0.2, -0.15) is 0 Å². The number of rotatable bonds is 2. The molecule has 1 aliphatic rings. The molecule has 1 aliphatic heterocycles. The number of allylic oxidation sites excluding steroid dienone is 2. The van der Waals surface area contributed by atoms with Gasteiger partial charge in [-0.15, -0.1) is 0 Å². The third kappa shape index (κ3) is 5.45. The topological polar surface area (TPSA) is 53.4 Å². The summed E-state index contributed by atoms with van der Waals surface area (Å²) >= 11 is 0. The van der Waals surface area contributed by atoms with Gasteiger partial charge in [-0.05, 0) is 59.5 Å². The molecule has 0 bridgehead atoms. The van der Waals surface area contributed by atoms with E-state index >= 15 is 0 Å². The second-order valence-corrected chi connectivity index (χ2v) is 6.28. The molecule has 0 atom stereocenters. The summed E-state index contributed by atoms with van der Waals surface area (Å²) in [7, 11) is 0. The van der Waals surface area contributed by atoms with E-state index in [1.54, 1.807) is 13.0 Å². The molecule has 1 fully saturated rings. The van der Waals surface area contributed by atoms with Gasteiger partial charge >= 0.3 is 0 Å². The molecule has 108 valence electrons. The van der Waals surface area contributed by atoms with E-state index in [1.165, 1.54) is 0 Å². The molecule has 0 saturated carbocycles. The van der Waals surface area contributed by atoms with Crippen LogP contribution < -0.4 is 0 Å². The van der Waals surface area contributed by atoms with Crippen LogP contribution in [0, 0.1) is 11.3 Å². The van der Waals surface area contributed by atoms with Crippen molar-refractivity contribution in [2.45, 2.75) is 53.1 Å². The molecule has 4 nitrogen and oxygen atoms in total. The van der Waals surface area contributed by atoms with Crippen molar-refractivity contribution in [2.24, 2.45) is 5.92 Å². The Kier molecular flexibility index (Phi) is 5.15. The molecule has 1 heterocycles. The van der Waals surface area contributed by atoms with Gasteiger partial charge in [0, 0.05) is 13.1 Å². The molecule has 1 N–H and O–H groups in total. The fourth-order valence-corrected chi connectivity index (χ4v) is 2.33. The summed E-state index contributed by atoms with van der Waals surface area (Å²) in [4.78, 5) is 13.1. The quantitative estimate of drug-likeness (QED) is 0.475. The minimum absolute atomic E-state index is 0.115. The average Bonchev–Trinajstić information content (AvgIpc) is 2.26. The van der Waals surface area contributed by atoms with Crippen molar-refractivity contribution in [3.63, 3.8) is 0 Å². The van der Waals surface area contributed by atoms with Gasteiger partial charge in [-0.1, -0.05) is 5.57 Å². The van der Waals surface area contributed by atoms with Gasteiger partial charge in [-0.3, -0.25) is 10.2 Å². The Balaban J connectivity index is 2.49. The summed E-state index contributed by atoms with van der Waals surface area (Å²) < 4.78 is 5.58. The molecule has 4 heteroatoms. The molecule has 1 rings (SSSR count). The molecule has 0 aromatic carbocycles. The molecule has 0 amide bonds. The highest BCUT2D eigenvalue weighted by molar-refractivity contribution is 5.87. The maximum atomic E-state index is 11.1. The van der Waals surface area contributed by atoms with Crippen molar-refractivity contribution >= 4 is 11.8 Å². The number of hydrogen-bond donors (Lipinski definition) is 1. The number of nitrogens with one attached hydrogen (secondary N) is 1. The average molecular weight is 266 g/mol. The first kappa shape index (κ1) is 15.7. The van der Waals surface area contributed by atoms with E-state index < -0.39 is 0 Å². The van der Waals surface area contributed by atoms with Crippen LogP contribution in [0.25, 0.3) is 0 Å². The van der Waals surface area contributed by atoms with E-state index in [4.69, 9.17) is 10.1 Å². The fourth-order valence-electron chi connectivity index (χ4n) is 2.33. The lowest BCUT2D eigenvalue weighted by Gasteiger charge is -2.35. The number of nitrogens with zero attached hydrogens (tertiary/aromatic N) is 1. The Morgan fingerprint density at radius 2 is 1.79 bits per heavy atom. The smallest absolute Gasteiger partial charge is 0.284 e. The van der Waals surface area contributed by atoms with Crippen molar-refractivity contribution in [1.29, 1.82) is 5.41 Å². The first-order valence-electron chi connectivity index (χ1n) is 6.90. The van der Waals surface area contributed by atoms with Crippen LogP contribution in [0.4, 0.5) is 0 Å². The van der Waals surface area contributed by atoms with Crippen LogP contribution in [0.5, 0.6) is 0 Å². The van der Waals surface area contributed by atoms with Crippen LogP contribution >= 0.6 is 0 Å². The molecule has 0 unspecified atom stereocenters. The van der Waals surface area contributed by atoms with Crippen molar-refractivity contribution in [2.75, 3.05) is 13.1 Å². The summed E-state index contributed by atoms with van der Waals surface area (Å²) in [5, 5.41) is 7.96. The monoisotopic (exact) mass is 266 g/mol. The largest absolute Gasteiger partial charge is 0.460 e. The van der Waals surface area contributed by atoms with Crippen molar-refractivity contribution in [3.05, 3.63) is 11.6 Å². The zero-order valence-corrected chi connectivity index (χ0v) is 12.7. The van der Waals surface area contributed by atoms with Crippen LogP contribution in [0.2, 0.25) is 0 Å². The van der Waals surface area contributed by atoms with Gasteiger partial charge < -0.3 is 9.64 Å². The molecular formula is C15H26N2O2. The third-order valence-corrected chi connectivity index (χ3v) is 3.26. The number of likely N-dealkylation sites (tertiary alicyclic amines) is 1. The maximum absolute atomic E-state index is 11.1. The highest BCUT2D eigenvalue weighted by Crippen LogP contribution is 2.25. The van der Waals surface area contributed by atoms with E-state index in [1.807, 2.05) is 32.6 Å². The number of ether oxygens (including phenoxy) is 1. The number of hydrogen-bond acceptors (Lipinski definition) is 3. The number of amidine groups is 1. The second-order valence-electron chi connectivity index (χ2n) is 6.28. The lowest BCUT2D eigenvalue weighted by Crippen LogP contribution is -2.42. The SMILES string of the molecule is CC(=O)/C=C(\C)C1CCN(C(=N)OC(C)(C)C)CC1. The molecule has 0 spiro atoms. The van der Waals surface area contributed by atoms with Crippen molar-refractivity contribution < 1.29 is 9.53 Å². The van der Waals surface area contributed by atoms with Gasteiger partial charge in [-0.25, -0.2) is 0 Å². The highest BCUT2D eigenvalue weighted by atomic mass is 16.5. The van der Waals surface area contributed by atoms with Crippen LogP contribution in [0.3, 0.4) is 0 Å². The van der Waals surface area contributed by atoms with Gasteiger partial charge in [0.05, 0.1) is 0 Å². The van der Waals surface area contributed by atoms with E-state index in [2.05, 4.69) is 0 Å². The zero-order chi connectivity index (χ0) is 14.6. The van der Waals surface area contributed by atoms with Crippen molar-refractivity contribution in [3.8, 4) is 0 Å². The minimum atomic E-state index is -0.321. The lowest BCUT2D eigenvalue weighted by atomic mass is 9.89. The van der Waals surface area contributed by atoms with Crippen LogP contribution in [-0.4, -0.2) is 35.4 Å². The third-order valence-electron chi connectivity index (χ3n) is 3.26. The highest BCUT2D eigenvalue weighted by Gasteiger charge is 2.25. The Morgan fingerprint density at radius 1 is 1.26 bits per heavy atom. The van der Waals surface area contributed by atoms with E-state index in [0.29, 0.717) is 5.92 Å². The standard InChI is InChI=1S/C15H26N2O2/c1-11(10-12(2)18)13-6-8-17(9-7-13)14(16)19-15(3,4)5/h10,13,16H,6-9H2,1-5H3/b11-10+,16-14?. The maximum Gasteiger partial charge on any atom is 0.284 e. The Labute approximate surface area is 116 Å². The summed E-state index contributed by atoms with van der Waals surface area (Å²) in [5.41, 5.74) is 0.841. The predicted octanol–water partition coefficient (Wildman–Crippen LogP) is 2.98. The molecule has 1 saturated heterocycles. The number of carbonyl (C=O) groups excluding carboxylic acids is 1. The molecule has 0 aromatic heterocycles. The first-order chi connectivity index (χ1) is 8.69. The molecule has 0 aliphatic carbocycles. The second kappa shape index (κ2) is 6.22. The number of carbonyl (C=O) groups is 1. The molecule has 19 heavy (non-hydrogen) atoms. The van der Waals surface area contributed by atoms with Crippen LogP contribution in [0.15, 0.2) is 11.6 Å². The predicted molar refractivity (Wildman–Crippen MR) is 77.3 cm³/mol. The Morgan fingerprint density at radius 3 is 2.21 bits per heavy atom. The Bertz CT molecular complexity index is 372. The normalized spacial score (nSPS) is 18.4. The number of ketones is 1. The van der Waals surface area contributed by atoms with Gasteiger partial charge in [0.1, 0.15) is 5.60 Å². The number of piperidine rings is 1. The van der Waals surface area contributed by atoms with Crippen LogP contribution in [0.1, 0.15) is 47.5 Å². The van der Waals surface area contributed by atoms with E-state index in [0.717, 1.165) is 31.5 Å². The van der Waals surface area contributed by atoms with Crippen LogP contribution in [-0.2, 0) is 9.53 Å². The van der Waals surface area contributed by atoms with E-state index in [9.17, 15) is 4.79 Å². The summed E-state index contributed by atoms with van der Waals surface area (Å²) in [6.07, 6.45) is 3.69.